The summed E-state index contributed by atoms with van der Waals surface area (Å²) in [4.78, 5) is 23.1. The molecule has 120 valence electrons. The number of hydrogen-bond acceptors (Lipinski definition) is 3. The summed E-state index contributed by atoms with van der Waals surface area (Å²) in [6.07, 6.45) is 12.8. The Morgan fingerprint density at radius 3 is 2.48 bits per heavy atom. The average molecular weight is 296 g/mol. The summed E-state index contributed by atoms with van der Waals surface area (Å²) in [7, 11) is 0. The van der Waals surface area contributed by atoms with Crippen LogP contribution in [0.2, 0.25) is 0 Å². The molecular weight excluding hydrogens is 268 g/mol. The molecule has 0 saturated heterocycles. The molecular formula is C17H28O4. The van der Waals surface area contributed by atoms with Crippen molar-refractivity contribution in [3.63, 3.8) is 0 Å². The molecule has 1 fully saturated rings. The van der Waals surface area contributed by atoms with E-state index in [2.05, 4.69) is 6.92 Å². The molecule has 0 bridgehead atoms. The van der Waals surface area contributed by atoms with Crippen LogP contribution in [0.3, 0.4) is 0 Å². The topological polar surface area (TPSA) is 63.6 Å². The van der Waals surface area contributed by atoms with Gasteiger partial charge in [-0.2, -0.15) is 0 Å². The summed E-state index contributed by atoms with van der Waals surface area (Å²) in [6.45, 7) is 2.44. The van der Waals surface area contributed by atoms with E-state index >= 15 is 0 Å². The van der Waals surface area contributed by atoms with Gasteiger partial charge in [-0.05, 0) is 25.7 Å². The van der Waals surface area contributed by atoms with Gasteiger partial charge in [0.1, 0.15) is 6.61 Å². The highest BCUT2D eigenvalue weighted by molar-refractivity contribution is 5.81. The van der Waals surface area contributed by atoms with Crippen molar-refractivity contribution in [3.8, 4) is 0 Å². The number of carbonyl (C=O) groups excluding carboxylic acids is 1. The third-order valence-corrected chi connectivity index (χ3v) is 4.10. The Balaban J connectivity index is 2.23. The summed E-state index contributed by atoms with van der Waals surface area (Å²) in [5.41, 5.74) is 0. The Labute approximate surface area is 127 Å². The Kier molecular flexibility index (Phi) is 8.79. The van der Waals surface area contributed by atoms with Crippen molar-refractivity contribution in [2.24, 2.45) is 11.8 Å². The summed E-state index contributed by atoms with van der Waals surface area (Å²) < 4.78 is 5.20. The van der Waals surface area contributed by atoms with E-state index in [1.54, 1.807) is 0 Å². The molecule has 0 aromatic carbocycles. The molecule has 0 aliphatic heterocycles. The number of rotatable bonds is 9. The molecule has 2 unspecified atom stereocenters. The first kappa shape index (κ1) is 17.7. The van der Waals surface area contributed by atoms with Crippen LogP contribution in [0.4, 0.5) is 0 Å². The van der Waals surface area contributed by atoms with E-state index < -0.39 is 17.8 Å². The molecule has 0 aromatic heterocycles. The van der Waals surface area contributed by atoms with E-state index in [0.717, 1.165) is 19.3 Å². The van der Waals surface area contributed by atoms with Crippen molar-refractivity contribution >= 4 is 11.9 Å². The Bertz CT molecular complexity index is 349. The first-order chi connectivity index (χ1) is 10.2. The molecule has 0 spiro atoms. The zero-order valence-electron chi connectivity index (χ0n) is 13.1. The highest BCUT2D eigenvalue weighted by atomic mass is 16.5. The fourth-order valence-corrected chi connectivity index (χ4v) is 2.82. The van der Waals surface area contributed by atoms with Crippen LogP contribution in [0.1, 0.15) is 64.7 Å². The summed E-state index contributed by atoms with van der Waals surface area (Å²) in [5, 5.41) is 9.15. The number of allylic oxidation sites excluding steroid dienone is 1. The number of hydrogen-bond donors (Lipinski definition) is 1. The number of carboxylic acid groups (broad SMARTS) is 1. The predicted molar refractivity (Wildman–Crippen MR) is 81.9 cm³/mol. The van der Waals surface area contributed by atoms with Crippen LogP contribution in [0.5, 0.6) is 0 Å². The Morgan fingerprint density at radius 1 is 1.10 bits per heavy atom. The Hall–Kier alpha value is -1.32. The lowest BCUT2D eigenvalue weighted by Crippen LogP contribution is -2.33. The second-order valence-corrected chi connectivity index (χ2v) is 5.79. The van der Waals surface area contributed by atoms with Crippen LogP contribution in [-0.2, 0) is 14.3 Å². The van der Waals surface area contributed by atoms with Gasteiger partial charge >= 0.3 is 11.9 Å². The van der Waals surface area contributed by atoms with E-state index in [0.29, 0.717) is 12.8 Å². The quantitative estimate of drug-likeness (QED) is 0.397. The number of aliphatic carboxylic acids is 1. The third-order valence-electron chi connectivity index (χ3n) is 4.10. The maximum absolute atomic E-state index is 12.0. The van der Waals surface area contributed by atoms with Crippen molar-refractivity contribution < 1.29 is 19.4 Å². The van der Waals surface area contributed by atoms with Gasteiger partial charge in [-0.25, -0.2) is 0 Å². The van der Waals surface area contributed by atoms with Gasteiger partial charge in [0.25, 0.3) is 0 Å². The number of esters is 1. The lowest BCUT2D eigenvalue weighted by molar-refractivity contribution is -0.158. The molecule has 1 N–H and O–H groups in total. The first-order valence-corrected chi connectivity index (χ1v) is 8.21. The molecule has 0 heterocycles. The maximum atomic E-state index is 12.0. The maximum Gasteiger partial charge on any atom is 0.310 e. The van der Waals surface area contributed by atoms with Crippen molar-refractivity contribution in [2.45, 2.75) is 64.7 Å². The van der Waals surface area contributed by atoms with Crippen molar-refractivity contribution in [1.29, 1.82) is 0 Å². The normalized spacial score (nSPS) is 22.3. The molecule has 0 aromatic rings. The van der Waals surface area contributed by atoms with Crippen LogP contribution in [0.25, 0.3) is 0 Å². The molecule has 0 amide bonds. The Morgan fingerprint density at radius 2 is 1.81 bits per heavy atom. The lowest BCUT2D eigenvalue weighted by atomic mass is 9.79. The predicted octanol–water partition coefficient (Wildman–Crippen LogP) is 3.95. The minimum atomic E-state index is -0.872. The van der Waals surface area contributed by atoms with Crippen LogP contribution in [-0.4, -0.2) is 23.7 Å². The van der Waals surface area contributed by atoms with E-state index in [4.69, 9.17) is 9.84 Å². The molecule has 1 aliphatic carbocycles. The average Bonchev–Trinajstić information content (AvgIpc) is 2.49. The van der Waals surface area contributed by atoms with Crippen molar-refractivity contribution in [1.82, 2.24) is 0 Å². The molecule has 0 radical (unpaired) electrons. The molecule has 4 nitrogen and oxygen atoms in total. The second kappa shape index (κ2) is 10.4. The van der Waals surface area contributed by atoms with Crippen LogP contribution >= 0.6 is 0 Å². The van der Waals surface area contributed by atoms with Gasteiger partial charge in [0.2, 0.25) is 0 Å². The van der Waals surface area contributed by atoms with Crippen molar-refractivity contribution in [2.75, 3.05) is 6.61 Å². The molecule has 21 heavy (non-hydrogen) atoms. The minimum absolute atomic E-state index is 0.259. The molecule has 1 saturated carbocycles. The van der Waals surface area contributed by atoms with Crippen LogP contribution in [0, 0.1) is 11.8 Å². The molecule has 1 aliphatic rings. The van der Waals surface area contributed by atoms with Gasteiger partial charge in [0, 0.05) is 0 Å². The summed E-state index contributed by atoms with van der Waals surface area (Å²) in [5.74, 6) is -2.25. The molecule has 1 rings (SSSR count). The number of ether oxygens (including phenoxy) is 1. The lowest BCUT2D eigenvalue weighted by Gasteiger charge is -2.26. The zero-order chi connectivity index (χ0) is 15.5. The molecule has 4 heteroatoms. The standard InChI is InChI=1S/C17H28O4/c1-2-3-4-5-6-7-10-13-21-17(20)15-12-9-8-11-14(15)16(18)19/h7,10,14-15H,2-6,8-9,11-13H2,1H3,(H,18,19)/b10-7+. The van der Waals surface area contributed by atoms with E-state index in [-0.39, 0.29) is 12.6 Å². The van der Waals surface area contributed by atoms with Gasteiger partial charge in [0.05, 0.1) is 11.8 Å². The van der Waals surface area contributed by atoms with Crippen LogP contribution < -0.4 is 0 Å². The van der Waals surface area contributed by atoms with E-state index in [1.165, 1.54) is 25.7 Å². The fourth-order valence-electron chi connectivity index (χ4n) is 2.82. The van der Waals surface area contributed by atoms with Gasteiger partial charge in [0.15, 0.2) is 0 Å². The zero-order valence-corrected chi connectivity index (χ0v) is 13.1. The third kappa shape index (κ3) is 6.78. The highest BCUT2D eigenvalue weighted by Crippen LogP contribution is 2.31. The number of carbonyl (C=O) groups is 2. The first-order valence-electron chi connectivity index (χ1n) is 8.21. The number of carboxylic acids is 1. The van der Waals surface area contributed by atoms with Gasteiger partial charge in [-0.15, -0.1) is 0 Å². The van der Waals surface area contributed by atoms with Crippen LogP contribution in [0.15, 0.2) is 12.2 Å². The monoisotopic (exact) mass is 296 g/mol. The second-order valence-electron chi connectivity index (χ2n) is 5.79. The van der Waals surface area contributed by atoms with E-state index in [1.807, 2.05) is 12.2 Å². The smallest absolute Gasteiger partial charge is 0.310 e. The minimum Gasteiger partial charge on any atom is -0.481 e. The van der Waals surface area contributed by atoms with E-state index in [9.17, 15) is 9.59 Å². The SMILES string of the molecule is CCCCCC/C=C/COC(=O)C1CCCCC1C(=O)O. The fraction of sp³-hybridized carbons (Fsp3) is 0.765. The van der Waals surface area contributed by atoms with Gasteiger partial charge < -0.3 is 9.84 Å². The summed E-state index contributed by atoms with van der Waals surface area (Å²) >= 11 is 0. The van der Waals surface area contributed by atoms with Gasteiger partial charge in [-0.1, -0.05) is 51.2 Å². The van der Waals surface area contributed by atoms with Crippen molar-refractivity contribution in [3.05, 3.63) is 12.2 Å². The summed E-state index contributed by atoms with van der Waals surface area (Å²) in [6, 6.07) is 0. The highest BCUT2D eigenvalue weighted by Gasteiger charge is 2.36. The number of unbranched alkanes of at least 4 members (excludes halogenated alkanes) is 4. The largest absolute Gasteiger partial charge is 0.481 e. The molecule has 2 atom stereocenters. The van der Waals surface area contributed by atoms with Gasteiger partial charge in [-0.3, -0.25) is 9.59 Å².